The second-order valence-corrected chi connectivity index (χ2v) is 20.8. The summed E-state index contributed by atoms with van der Waals surface area (Å²) in [7, 11) is -1.62. The molecule has 266 valence electrons. The van der Waals surface area contributed by atoms with Crippen LogP contribution in [-0.4, -0.2) is 39.5 Å². The highest BCUT2D eigenvalue weighted by Gasteiger charge is 2.36. The van der Waals surface area contributed by atoms with Gasteiger partial charge < -0.3 is 9.33 Å². The fourth-order valence-electron chi connectivity index (χ4n) is 6.23. The summed E-state index contributed by atoms with van der Waals surface area (Å²) in [6.45, 7) is 21.3. The molecule has 0 N–H and O–H groups in total. The lowest BCUT2D eigenvalue weighted by molar-refractivity contribution is 0.218. The number of hydrogen-bond donors (Lipinski definition) is 0. The molecule has 0 rings (SSSR count). The second-order valence-electron chi connectivity index (χ2n) is 16.0. The van der Waals surface area contributed by atoms with E-state index in [0.717, 1.165) is 6.61 Å². The summed E-state index contributed by atoms with van der Waals surface area (Å²) in [6, 6.07) is 0. The first kappa shape index (κ1) is 44.1. The summed E-state index contributed by atoms with van der Waals surface area (Å²) in [4.78, 5) is 2.79. The largest absolute Gasteiger partial charge is 0.417 e. The third-order valence-electron chi connectivity index (χ3n) is 10.5. The van der Waals surface area contributed by atoms with Crippen LogP contribution in [-0.2, 0) is 4.43 Å². The SMILES string of the molecule is CCCCCCCCCCCCCCCCN(CCCCCCCCCCCCCCCC)CCCO[Si](C)(C)C(C)(C)C. The quantitative estimate of drug-likeness (QED) is 0.0506. The highest BCUT2D eigenvalue weighted by atomic mass is 28.4. The highest BCUT2D eigenvalue weighted by Crippen LogP contribution is 2.36. The molecule has 0 bridgehead atoms. The van der Waals surface area contributed by atoms with Gasteiger partial charge in [0.15, 0.2) is 8.32 Å². The molecule has 0 amide bonds. The third kappa shape index (κ3) is 29.5. The molecular formula is C41H87NOSi. The molecule has 0 aliphatic rings. The molecule has 0 aromatic heterocycles. The molecule has 2 nitrogen and oxygen atoms in total. The summed E-state index contributed by atoms with van der Waals surface area (Å²) >= 11 is 0. The van der Waals surface area contributed by atoms with Gasteiger partial charge in [-0.1, -0.05) is 202 Å². The van der Waals surface area contributed by atoms with Gasteiger partial charge in [-0.3, -0.25) is 0 Å². The first-order valence-corrected chi connectivity index (χ1v) is 23.5. The van der Waals surface area contributed by atoms with Gasteiger partial charge in [0.1, 0.15) is 0 Å². The average Bonchev–Trinajstić information content (AvgIpc) is 2.98. The minimum atomic E-state index is -1.62. The number of rotatable bonds is 35. The van der Waals surface area contributed by atoms with Gasteiger partial charge in [0, 0.05) is 13.2 Å². The van der Waals surface area contributed by atoms with E-state index in [1.54, 1.807) is 0 Å². The molecule has 0 aliphatic heterocycles. The van der Waals surface area contributed by atoms with E-state index in [-0.39, 0.29) is 0 Å². The third-order valence-corrected chi connectivity index (χ3v) is 15.1. The van der Waals surface area contributed by atoms with Crippen molar-refractivity contribution in [2.24, 2.45) is 0 Å². The summed E-state index contributed by atoms with van der Waals surface area (Å²) in [5.41, 5.74) is 0. The van der Waals surface area contributed by atoms with Gasteiger partial charge in [-0.05, 0) is 50.5 Å². The zero-order valence-electron chi connectivity index (χ0n) is 32.2. The topological polar surface area (TPSA) is 12.5 Å². The minimum Gasteiger partial charge on any atom is -0.417 e. The monoisotopic (exact) mass is 638 g/mol. The Morgan fingerprint density at radius 2 is 0.636 bits per heavy atom. The predicted molar refractivity (Wildman–Crippen MR) is 205 cm³/mol. The maximum atomic E-state index is 6.51. The molecule has 0 saturated carbocycles. The maximum Gasteiger partial charge on any atom is 0.191 e. The van der Waals surface area contributed by atoms with Crippen molar-refractivity contribution in [3.63, 3.8) is 0 Å². The summed E-state index contributed by atoms with van der Waals surface area (Å²) in [5, 5.41) is 0.315. The van der Waals surface area contributed by atoms with E-state index in [4.69, 9.17) is 4.43 Å². The van der Waals surface area contributed by atoms with Crippen molar-refractivity contribution in [2.75, 3.05) is 26.2 Å². The van der Waals surface area contributed by atoms with Crippen LogP contribution in [0.1, 0.15) is 221 Å². The second kappa shape index (κ2) is 31.7. The summed E-state index contributed by atoms with van der Waals surface area (Å²) in [5.74, 6) is 0. The van der Waals surface area contributed by atoms with E-state index in [1.807, 2.05) is 0 Å². The van der Waals surface area contributed by atoms with Crippen molar-refractivity contribution >= 4 is 8.32 Å². The molecule has 0 saturated heterocycles. The Kier molecular flexibility index (Phi) is 31.8. The number of nitrogens with zero attached hydrogens (tertiary/aromatic N) is 1. The Labute approximate surface area is 282 Å². The fourth-order valence-corrected chi connectivity index (χ4v) is 7.31. The Bertz CT molecular complexity index is 525. The number of hydrogen-bond acceptors (Lipinski definition) is 2. The Morgan fingerprint density at radius 3 is 0.909 bits per heavy atom. The van der Waals surface area contributed by atoms with E-state index in [0.29, 0.717) is 5.04 Å². The van der Waals surface area contributed by atoms with Crippen LogP contribution in [0.15, 0.2) is 0 Å². The van der Waals surface area contributed by atoms with Gasteiger partial charge in [0.2, 0.25) is 0 Å². The molecule has 3 heteroatoms. The van der Waals surface area contributed by atoms with Crippen LogP contribution in [0.5, 0.6) is 0 Å². The molecule has 0 aromatic carbocycles. The van der Waals surface area contributed by atoms with E-state index in [1.165, 1.54) is 206 Å². The van der Waals surface area contributed by atoms with Crippen LogP contribution in [0.2, 0.25) is 18.1 Å². The van der Waals surface area contributed by atoms with Crippen LogP contribution in [0, 0.1) is 0 Å². The Balaban J connectivity index is 4.02. The average molecular weight is 638 g/mol. The van der Waals surface area contributed by atoms with Crippen LogP contribution in [0.3, 0.4) is 0 Å². The van der Waals surface area contributed by atoms with Gasteiger partial charge in [0.05, 0.1) is 0 Å². The molecule has 0 unspecified atom stereocenters. The van der Waals surface area contributed by atoms with Gasteiger partial charge in [-0.15, -0.1) is 0 Å². The maximum absolute atomic E-state index is 6.51. The smallest absolute Gasteiger partial charge is 0.191 e. The lowest BCUT2D eigenvalue weighted by atomic mass is 10.0. The van der Waals surface area contributed by atoms with E-state index < -0.39 is 8.32 Å². The standard InChI is InChI=1S/C41H87NOSi/c1-8-10-12-14-16-18-20-22-24-26-28-30-32-34-37-42(39-36-40-43-44(6,7)41(3,4)5)38-35-33-31-29-27-25-23-21-19-17-15-13-11-9-2/h8-40H2,1-7H3. The van der Waals surface area contributed by atoms with E-state index in [9.17, 15) is 0 Å². The van der Waals surface area contributed by atoms with Gasteiger partial charge in [-0.25, -0.2) is 0 Å². The van der Waals surface area contributed by atoms with E-state index in [2.05, 4.69) is 52.6 Å². The highest BCUT2D eigenvalue weighted by molar-refractivity contribution is 6.74. The van der Waals surface area contributed by atoms with Crippen molar-refractivity contribution in [3.05, 3.63) is 0 Å². The lowest BCUT2D eigenvalue weighted by Gasteiger charge is -2.36. The molecule has 0 radical (unpaired) electrons. The Hall–Kier alpha value is 0.137. The van der Waals surface area contributed by atoms with E-state index >= 15 is 0 Å². The zero-order valence-corrected chi connectivity index (χ0v) is 33.2. The normalized spacial score (nSPS) is 12.5. The first-order chi connectivity index (χ1) is 21.2. The molecule has 0 fully saturated rings. The van der Waals surface area contributed by atoms with Crippen LogP contribution >= 0.6 is 0 Å². The van der Waals surface area contributed by atoms with Crippen molar-refractivity contribution in [2.45, 2.75) is 239 Å². The molecule has 0 atom stereocenters. The molecule has 0 heterocycles. The Morgan fingerprint density at radius 1 is 0.386 bits per heavy atom. The first-order valence-electron chi connectivity index (χ1n) is 20.6. The molecule has 0 aliphatic carbocycles. The molecule has 44 heavy (non-hydrogen) atoms. The lowest BCUT2D eigenvalue weighted by Crippen LogP contribution is -2.41. The van der Waals surface area contributed by atoms with Crippen LogP contribution < -0.4 is 0 Å². The van der Waals surface area contributed by atoms with Crippen molar-refractivity contribution in [1.82, 2.24) is 4.90 Å². The summed E-state index contributed by atoms with van der Waals surface area (Å²) < 4.78 is 6.51. The fraction of sp³-hybridized carbons (Fsp3) is 1.00. The van der Waals surface area contributed by atoms with Gasteiger partial charge in [-0.2, -0.15) is 0 Å². The predicted octanol–water partition coefficient (Wildman–Crippen LogP) is 14.7. The molecule has 0 spiro atoms. The van der Waals surface area contributed by atoms with Gasteiger partial charge >= 0.3 is 0 Å². The summed E-state index contributed by atoms with van der Waals surface area (Å²) in [6.07, 6.45) is 41.7. The van der Waals surface area contributed by atoms with Crippen LogP contribution in [0.25, 0.3) is 0 Å². The van der Waals surface area contributed by atoms with Crippen LogP contribution in [0.4, 0.5) is 0 Å². The van der Waals surface area contributed by atoms with Crippen molar-refractivity contribution in [3.8, 4) is 0 Å². The van der Waals surface area contributed by atoms with Crippen molar-refractivity contribution in [1.29, 1.82) is 0 Å². The minimum absolute atomic E-state index is 0.315. The molecular weight excluding hydrogens is 551 g/mol. The van der Waals surface area contributed by atoms with Crippen molar-refractivity contribution < 1.29 is 4.43 Å². The molecule has 0 aromatic rings. The zero-order chi connectivity index (χ0) is 32.6. The van der Waals surface area contributed by atoms with Gasteiger partial charge in [0.25, 0.3) is 0 Å². The number of unbranched alkanes of at least 4 members (excludes halogenated alkanes) is 26.